The van der Waals surface area contributed by atoms with Crippen molar-refractivity contribution >= 4 is 73.2 Å². The highest BCUT2D eigenvalue weighted by atomic mass is 32.2. The SMILES string of the molecule is CCCC(C([CH2][Al]([CH2]C(C(CCC)S(C)(=O)=O)S(C)(=O)=O)[CH2]C(C(CCC)S(C)(=O)=O)S(C)(=O)=O)S(C)(=O)=O)S(C)(=O)=O. The molecule has 0 amide bonds. The quantitative estimate of drug-likeness (QED) is 0.153. The maximum atomic E-state index is 13.1. The summed E-state index contributed by atoms with van der Waals surface area (Å²) >= 11 is -3.10. The summed E-state index contributed by atoms with van der Waals surface area (Å²) in [6.45, 7) is 5.03. The monoisotopic (exact) mass is 750 g/mol. The van der Waals surface area contributed by atoms with Gasteiger partial charge in [-0.2, -0.15) is 0 Å². The fraction of sp³-hybridized carbons (Fsp3) is 1.00. The molecule has 6 atom stereocenters. The summed E-state index contributed by atoms with van der Waals surface area (Å²) in [5.74, 6) is 0. The van der Waals surface area contributed by atoms with E-state index in [1.54, 1.807) is 20.8 Å². The van der Waals surface area contributed by atoms with Crippen LogP contribution in [0.15, 0.2) is 0 Å². The van der Waals surface area contributed by atoms with Crippen molar-refractivity contribution in [3.05, 3.63) is 0 Å². The minimum Gasteiger partial charge on any atom is -0.229 e. The lowest BCUT2D eigenvalue weighted by Gasteiger charge is -2.32. The van der Waals surface area contributed by atoms with Gasteiger partial charge in [-0.15, -0.1) is 0 Å². The highest BCUT2D eigenvalue weighted by Crippen LogP contribution is 2.33. The molecular formula is C24H51AlO12S6. The van der Waals surface area contributed by atoms with E-state index in [-0.39, 0.29) is 35.1 Å². The third-order valence-corrected chi connectivity index (χ3v) is 22.9. The molecule has 0 aromatic heterocycles. The van der Waals surface area contributed by atoms with Crippen molar-refractivity contribution in [1.29, 1.82) is 0 Å². The molecule has 0 aliphatic rings. The van der Waals surface area contributed by atoms with Crippen LogP contribution in [0.1, 0.15) is 59.3 Å². The van der Waals surface area contributed by atoms with Crippen molar-refractivity contribution < 1.29 is 50.5 Å². The fourth-order valence-electron chi connectivity index (χ4n) is 5.96. The summed E-state index contributed by atoms with van der Waals surface area (Å²) in [5, 5.41) is -9.70. The normalized spacial score (nSPS) is 18.3. The molecule has 0 N–H and O–H groups in total. The Hall–Kier alpha value is 0.232. The zero-order valence-electron chi connectivity index (χ0n) is 26.8. The van der Waals surface area contributed by atoms with Crippen LogP contribution >= 0.6 is 0 Å². The summed E-state index contributed by atoms with van der Waals surface area (Å²) in [6, 6.07) is 0. The summed E-state index contributed by atoms with van der Waals surface area (Å²) in [7, 11) is -24.2. The van der Waals surface area contributed by atoms with Crippen LogP contribution in [0, 0.1) is 0 Å². The Balaban J connectivity index is 7.61. The van der Waals surface area contributed by atoms with Gasteiger partial charge in [0.25, 0.3) is 14.1 Å². The molecule has 0 heterocycles. The fourth-order valence-corrected chi connectivity index (χ4v) is 26.4. The van der Waals surface area contributed by atoms with Crippen LogP contribution in [0.2, 0.25) is 15.8 Å². The molecule has 0 saturated heterocycles. The summed E-state index contributed by atoms with van der Waals surface area (Å²) in [5.41, 5.74) is 0. The molecular weight excluding hydrogens is 700 g/mol. The highest BCUT2D eigenvalue weighted by Gasteiger charge is 2.47. The third-order valence-electron chi connectivity index (χ3n) is 7.96. The molecule has 19 heteroatoms. The maximum Gasteiger partial charge on any atom is 0.266 e. The van der Waals surface area contributed by atoms with Gasteiger partial charge in [0, 0.05) is 37.5 Å². The number of hydrogen-bond acceptors (Lipinski definition) is 12. The first kappa shape index (κ1) is 43.2. The predicted octanol–water partition coefficient (Wildman–Crippen LogP) is 1.36. The first-order chi connectivity index (χ1) is 19.0. The smallest absolute Gasteiger partial charge is 0.229 e. The molecule has 0 fully saturated rings. The molecule has 43 heavy (non-hydrogen) atoms. The van der Waals surface area contributed by atoms with E-state index in [1.807, 2.05) is 0 Å². The van der Waals surface area contributed by atoms with Gasteiger partial charge in [0.05, 0.1) is 31.5 Å². The molecule has 6 unspecified atom stereocenters. The van der Waals surface area contributed by atoms with Gasteiger partial charge in [-0.3, -0.25) is 0 Å². The topological polar surface area (TPSA) is 205 Å². The summed E-state index contributed by atoms with van der Waals surface area (Å²) in [4.78, 5) is 0. The van der Waals surface area contributed by atoms with Crippen molar-refractivity contribution in [1.82, 2.24) is 0 Å². The van der Waals surface area contributed by atoms with Crippen LogP contribution in [0.5, 0.6) is 0 Å². The Morgan fingerprint density at radius 2 is 0.512 bits per heavy atom. The van der Waals surface area contributed by atoms with E-state index < -0.39 is 105 Å². The van der Waals surface area contributed by atoms with E-state index in [2.05, 4.69) is 0 Å². The van der Waals surface area contributed by atoms with E-state index in [1.165, 1.54) is 0 Å². The van der Waals surface area contributed by atoms with E-state index >= 15 is 0 Å². The van der Waals surface area contributed by atoms with Crippen LogP contribution in [0.3, 0.4) is 0 Å². The Morgan fingerprint density at radius 1 is 0.349 bits per heavy atom. The highest BCUT2D eigenvalue weighted by molar-refractivity contribution is 7.96. The molecule has 0 radical (unpaired) electrons. The average molecular weight is 751 g/mol. The first-order valence-corrected chi connectivity index (χ1v) is 28.3. The van der Waals surface area contributed by atoms with Crippen molar-refractivity contribution in [2.24, 2.45) is 0 Å². The van der Waals surface area contributed by atoms with Gasteiger partial charge in [-0.05, 0) is 19.3 Å². The lowest BCUT2D eigenvalue weighted by Crippen LogP contribution is -2.48. The van der Waals surface area contributed by atoms with E-state index in [4.69, 9.17) is 0 Å². The average Bonchev–Trinajstić information content (AvgIpc) is 2.75. The van der Waals surface area contributed by atoms with Crippen molar-refractivity contribution in [3.63, 3.8) is 0 Å². The molecule has 0 aliphatic carbocycles. The maximum absolute atomic E-state index is 13.1. The predicted molar refractivity (Wildman–Crippen MR) is 177 cm³/mol. The van der Waals surface area contributed by atoms with Gasteiger partial charge in [0.1, 0.15) is 29.5 Å². The first-order valence-electron chi connectivity index (χ1n) is 14.2. The van der Waals surface area contributed by atoms with E-state index in [0.29, 0.717) is 19.3 Å². The molecule has 0 aromatic rings. The molecule has 0 rings (SSSR count). The lowest BCUT2D eigenvalue weighted by atomic mass is 10.2. The van der Waals surface area contributed by atoms with Crippen molar-refractivity contribution in [3.8, 4) is 0 Å². The standard InChI is InChI=1S/3C8H17O4S2.Al/c3*1-5-6-8(14(4,11)12)7(2)13(3,9)10;/h3*7-8H,2,5-6H2,1,3-4H3;. The third kappa shape index (κ3) is 14.3. The molecule has 258 valence electrons. The molecule has 12 nitrogen and oxygen atoms in total. The van der Waals surface area contributed by atoms with Crippen LogP contribution < -0.4 is 0 Å². The van der Waals surface area contributed by atoms with Crippen molar-refractivity contribution in [2.75, 3.05) is 37.5 Å². The largest absolute Gasteiger partial charge is 0.266 e. The second-order valence-electron chi connectivity index (χ2n) is 12.1. The van der Waals surface area contributed by atoms with Gasteiger partial charge >= 0.3 is 0 Å². The minimum atomic E-state index is -4.10. The molecule has 0 saturated carbocycles. The van der Waals surface area contributed by atoms with Gasteiger partial charge in [-0.25, -0.2) is 50.5 Å². The lowest BCUT2D eigenvalue weighted by molar-refractivity contribution is 0.543. The van der Waals surface area contributed by atoms with E-state index in [0.717, 1.165) is 37.5 Å². The molecule has 0 aromatic carbocycles. The van der Waals surface area contributed by atoms with Crippen LogP contribution in [0.25, 0.3) is 0 Å². The second-order valence-corrected chi connectivity index (χ2v) is 28.9. The van der Waals surface area contributed by atoms with Gasteiger partial charge in [0.15, 0.2) is 29.5 Å². The van der Waals surface area contributed by atoms with Crippen LogP contribution in [-0.4, -0.2) is 134 Å². The zero-order valence-corrected chi connectivity index (χ0v) is 32.8. The van der Waals surface area contributed by atoms with E-state index in [9.17, 15) is 50.5 Å². The Bertz CT molecular complexity index is 1380. The summed E-state index contributed by atoms with van der Waals surface area (Å²) in [6.07, 6.45) is 6.19. The van der Waals surface area contributed by atoms with Gasteiger partial charge < -0.3 is 0 Å². The second kappa shape index (κ2) is 16.4. The molecule has 0 aliphatic heterocycles. The Morgan fingerprint density at radius 3 is 0.628 bits per heavy atom. The van der Waals surface area contributed by atoms with Gasteiger partial charge in [-0.1, -0.05) is 55.9 Å². The summed E-state index contributed by atoms with van der Waals surface area (Å²) < 4.78 is 156. The van der Waals surface area contributed by atoms with Crippen LogP contribution in [0.4, 0.5) is 0 Å². The van der Waals surface area contributed by atoms with Crippen molar-refractivity contribution in [2.45, 2.75) is 107 Å². The number of hydrogen-bond donors (Lipinski definition) is 0. The number of sulfone groups is 6. The Kier molecular flexibility index (Phi) is 16.5. The Labute approximate surface area is 266 Å². The molecule has 0 spiro atoms. The minimum absolute atomic E-state index is 0.0215. The molecule has 0 bridgehead atoms. The van der Waals surface area contributed by atoms with Gasteiger partial charge in [0.2, 0.25) is 0 Å². The number of rotatable bonds is 21. The zero-order chi connectivity index (χ0) is 34.4. The van der Waals surface area contributed by atoms with Crippen LogP contribution in [-0.2, 0) is 59.0 Å².